The molecule has 4 aliphatic heterocycles. The molecule has 1 aromatic heterocycles. The van der Waals surface area contributed by atoms with E-state index >= 15 is 4.79 Å². The Morgan fingerprint density at radius 2 is 1.53 bits per heavy atom. The van der Waals surface area contributed by atoms with E-state index in [1.165, 1.54) is 82.5 Å². The molecule has 2 amide bonds. The highest BCUT2D eigenvalue weighted by Crippen LogP contribution is 2.43. The summed E-state index contributed by atoms with van der Waals surface area (Å²) in [5.41, 5.74) is -0.757. The quantitative estimate of drug-likeness (QED) is 0.0160. The third-order valence-electron chi connectivity index (χ3n) is 18.2. The molecule has 1 saturated heterocycles. The summed E-state index contributed by atoms with van der Waals surface area (Å²) in [6, 6.07) is 15.5. The largest absolute Gasteiger partial charge is 0.507 e. The zero-order chi connectivity index (χ0) is 68.9. The molecule has 95 heavy (non-hydrogen) atoms. The SMILES string of the molecule is CC(=O)O[C@H]1[C@H](C)[C@H](O)[C@H](C)[C@@H](OC(=O)c2ccccc2COC(=O)CCC(=O)Nc2ccc(C(C=O)C=O)cc2)[C@@H](C)/C=C/C=C(/C)C(=O)Nc2c(=O)c3c(O)c(C)c4c(c3c3nc5c(=O)cc(N6CCN(CC(C)C)CC6)cc5oc23)=C(O)[C@@](C)(O/C=C/[C@H](C)[C@H]1C)O4. The van der Waals surface area contributed by atoms with Crippen molar-refractivity contribution in [2.24, 2.45) is 35.5 Å². The zero-order valence-corrected chi connectivity index (χ0v) is 55.1. The van der Waals surface area contributed by atoms with Crippen LogP contribution >= 0.6 is 0 Å². The van der Waals surface area contributed by atoms with Crippen LogP contribution in [-0.2, 0) is 54.3 Å². The summed E-state index contributed by atoms with van der Waals surface area (Å²) < 4.78 is 37.1. The van der Waals surface area contributed by atoms with Crippen LogP contribution in [0.1, 0.15) is 115 Å². The number of ether oxygens (including phenoxy) is 5. The Hall–Kier alpha value is -9.74. The number of phenols is 1. The van der Waals surface area contributed by atoms with Gasteiger partial charge in [-0.15, -0.1) is 0 Å². The van der Waals surface area contributed by atoms with Crippen LogP contribution in [0.15, 0.2) is 111 Å². The molecule has 0 unspecified atom stereocenters. The maximum atomic E-state index is 15.2. The normalized spacial score (nSPS) is 24.1. The first-order chi connectivity index (χ1) is 45.1. The molecule has 0 saturated carbocycles. The zero-order valence-electron chi connectivity index (χ0n) is 55.1. The Morgan fingerprint density at radius 3 is 2.20 bits per heavy atom. The number of aldehydes is 2. The molecule has 0 spiro atoms. The maximum Gasteiger partial charge on any atom is 0.338 e. The Morgan fingerprint density at radius 1 is 0.842 bits per heavy atom. The second kappa shape index (κ2) is 29.3. The highest BCUT2D eigenvalue weighted by molar-refractivity contribution is 6.17. The number of rotatable bonds is 15. The van der Waals surface area contributed by atoms with Crippen molar-refractivity contribution in [1.29, 1.82) is 0 Å². The summed E-state index contributed by atoms with van der Waals surface area (Å²) in [4.78, 5) is 129. The van der Waals surface area contributed by atoms with Crippen molar-refractivity contribution in [2.45, 2.75) is 126 Å². The number of nitrogens with zero attached hydrogens (tertiary/aromatic N) is 3. The van der Waals surface area contributed by atoms with E-state index in [2.05, 4.69) is 34.3 Å². The predicted octanol–water partition coefficient (Wildman–Crippen LogP) is 8.77. The van der Waals surface area contributed by atoms with Crippen LogP contribution in [0.4, 0.5) is 17.1 Å². The lowest BCUT2D eigenvalue weighted by atomic mass is 9.77. The highest BCUT2D eigenvalue weighted by Gasteiger charge is 2.45. The van der Waals surface area contributed by atoms with E-state index in [0.717, 1.165) is 19.6 Å². The summed E-state index contributed by atoms with van der Waals surface area (Å²) in [5.74, 6) is -10.8. The van der Waals surface area contributed by atoms with Gasteiger partial charge in [0.2, 0.25) is 16.8 Å². The molecule has 9 atom stereocenters. The first-order valence-electron chi connectivity index (χ1n) is 31.8. The average Bonchev–Trinajstić information content (AvgIpc) is 1.67. The van der Waals surface area contributed by atoms with Crippen molar-refractivity contribution in [1.82, 2.24) is 9.88 Å². The second-order valence-corrected chi connectivity index (χ2v) is 25.5. The number of amides is 2. The molecule has 5 aromatic carbocycles. The van der Waals surface area contributed by atoms with Crippen molar-refractivity contribution in [3.63, 3.8) is 0 Å². The molecule has 6 aromatic rings. The molecular weight excluding hydrogens is 1220 g/mol. The first kappa shape index (κ1) is 69.6. The van der Waals surface area contributed by atoms with E-state index in [1.54, 1.807) is 57.2 Å². The van der Waals surface area contributed by atoms with Gasteiger partial charge in [0, 0.05) is 116 Å². The number of anilines is 3. The minimum atomic E-state index is -2.02. The van der Waals surface area contributed by atoms with Crippen LogP contribution in [0.3, 0.4) is 0 Å². The number of hydrogen-bond donors (Lipinski definition) is 5. The van der Waals surface area contributed by atoms with E-state index in [0.29, 0.717) is 48.5 Å². The maximum absolute atomic E-state index is 15.2. The Labute approximate surface area is 548 Å². The number of benzene rings is 5. The van der Waals surface area contributed by atoms with E-state index in [9.17, 15) is 53.7 Å². The molecule has 0 radical (unpaired) electrons. The lowest BCUT2D eigenvalue weighted by molar-refractivity contribution is -0.158. The van der Waals surface area contributed by atoms with Crippen molar-refractivity contribution in [3.8, 4) is 11.5 Å². The van der Waals surface area contributed by atoms with Gasteiger partial charge in [0.15, 0.2) is 22.4 Å². The van der Waals surface area contributed by atoms with Gasteiger partial charge in [-0.2, -0.15) is 0 Å². The first-order valence-corrected chi connectivity index (χ1v) is 31.8. The van der Waals surface area contributed by atoms with E-state index in [4.69, 9.17) is 33.1 Å². The number of hydrogen-bond acceptors (Lipinski definition) is 21. The monoisotopic (exact) mass is 1300 g/mol. The van der Waals surface area contributed by atoms with Crippen molar-refractivity contribution in [2.75, 3.05) is 48.3 Å². The van der Waals surface area contributed by atoms with Gasteiger partial charge in [-0.05, 0) is 61.4 Å². The number of carbonyl (C=O) groups excluding carboxylic acids is 7. The molecule has 10 rings (SSSR count). The van der Waals surface area contributed by atoms with Crippen LogP contribution in [0.2, 0.25) is 0 Å². The van der Waals surface area contributed by atoms with Gasteiger partial charge in [-0.1, -0.05) is 97.0 Å². The molecule has 502 valence electrons. The minimum absolute atomic E-state index is 0.00753. The minimum Gasteiger partial charge on any atom is -0.507 e. The fourth-order valence-electron chi connectivity index (χ4n) is 12.5. The van der Waals surface area contributed by atoms with Gasteiger partial charge < -0.3 is 68.5 Å². The number of allylic oxidation sites excluding steroid dienone is 3. The molecule has 0 aliphatic carbocycles. The molecule has 4 aliphatic rings. The number of nitrogens with one attached hydrogen (secondary N) is 2. The summed E-state index contributed by atoms with van der Waals surface area (Å²) in [6.07, 6.45) is 4.54. The third-order valence-corrected chi connectivity index (χ3v) is 18.2. The van der Waals surface area contributed by atoms with Crippen LogP contribution in [0.25, 0.3) is 38.7 Å². The molecule has 1 fully saturated rings. The van der Waals surface area contributed by atoms with Crippen molar-refractivity contribution >= 4 is 98.1 Å². The number of carbonyl (C=O) groups is 7. The van der Waals surface area contributed by atoms with Gasteiger partial charge in [-0.3, -0.25) is 33.7 Å². The third kappa shape index (κ3) is 15.0. The van der Waals surface area contributed by atoms with Gasteiger partial charge in [0.25, 0.3) is 5.91 Å². The van der Waals surface area contributed by atoms with Crippen molar-refractivity contribution in [3.05, 3.63) is 145 Å². The predicted molar refractivity (Wildman–Crippen MR) is 355 cm³/mol. The summed E-state index contributed by atoms with van der Waals surface area (Å²) in [7, 11) is 0. The van der Waals surface area contributed by atoms with Gasteiger partial charge in [-0.25, -0.2) is 9.78 Å². The van der Waals surface area contributed by atoms with Crippen LogP contribution in [-0.4, -0.2) is 124 Å². The Kier molecular flexibility index (Phi) is 21.4. The molecule has 5 bridgehead atoms. The Balaban J connectivity index is 1.07. The summed E-state index contributed by atoms with van der Waals surface area (Å²) >= 11 is 0. The number of aromatic hydroxyl groups is 1. The smallest absolute Gasteiger partial charge is 0.338 e. The molecule has 5 heterocycles. The van der Waals surface area contributed by atoms with E-state index in [1.807, 2.05) is 13.8 Å². The van der Waals surface area contributed by atoms with Gasteiger partial charge in [0.1, 0.15) is 54.1 Å². The van der Waals surface area contributed by atoms with Crippen LogP contribution < -0.4 is 36.3 Å². The van der Waals surface area contributed by atoms with Gasteiger partial charge >= 0.3 is 23.7 Å². The topological polar surface area (TPSA) is 317 Å². The number of phenolic OH excluding ortho intramolecular Hbond substituents is 1. The molecule has 5 N–H and O–H groups in total. The highest BCUT2D eigenvalue weighted by atomic mass is 16.7. The van der Waals surface area contributed by atoms with Crippen LogP contribution in [0, 0.1) is 42.4 Å². The molecule has 23 heteroatoms. The fraction of sp³-hybridized carbons (Fsp3) is 0.417. The average molecular weight is 1300 g/mol. The van der Waals surface area contributed by atoms with E-state index in [-0.39, 0.29) is 85.7 Å². The number of aromatic nitrogens is 1. The lowest BCUT2D eigenvalue weighted by Crippen LogP contribution is -2.47. The van der Waals surface area contributed by atoms with Crippen LogP contribution in [0.5, 0.6) is 11.5 Å². The molecular formula is C72H81N5O18. The van der Waals surface area contributed by atoms with Gasteiger partial charge in [0.05, 0.1) is 40.9 Å². The summed E-state index contributed by atoms with van der Waals surface area (Å²) in [5, 5.41) is 41.7. The Bertz CT molecular complexity index is 4260. The van der Waals surface area contributed by atoms with Crippen molar-refractivity contribution < 1.29 is 77.0 Å². The standard InChI is InChI=1S/C72H81N5O18/c1-37(2)33-76-26-28-77(29-27-76)50-31-52(81)59-53(32-50)93-68-60(74-59)56-57-63(85)44(9)67-58(56)69(87)72(11,95-67)91-30-25-38(3)41(6)66(92-45(10)80)43(8)62(84)42(7)65(39(4)15-14-16-40(5)70(88)75-61(68)64(57)86)94-71(89)51-18-13-12-17-47(51)36-90-55(83)24-23-54(82)73-49-21-19-46(20-22-49)48(34-78)35-79/h12-22,25,30-32,34-35,37-39,41-43,48,62,65-66,84-85,87H,23-24,26-29,33,36H2,1-11H3,(H,73,82)(H,75,88)/b15-14+,30-25+,40-16-/t38-,39-,41+,42-,43+,62+,65-,66+,72-/m0/s1. The number of aliphatic hydroxyl groups is 2. The fourth-order valence-corrected chi connectivity index (χ4v) is 12.5. The molecule has 23 nitrogen and oxygen atoms in total. The number of piperazine rings is 1. The lowest BCUT2D eigenvalue weighted by Gasteiger charge is -2.38. The second-order valence-electron chi connectivity index (χ2n) is 25.5. The van der Waals surface area contributed by atoms with E-state index < -0.39 is 117 Å². The summed E-state index contributed by atoms with van der Waals surface area (Å²) in [6.45, 7) is 21.9. The number of fused-ring (bicyclic) bond motifs is 14. The number of aliphatic hydroxyl groups excluding tert-OH is 2. The number of esters is 3.